The lowest BCUT2D eigenvalue weighted by molar-refractivity contribution is -0.141. The summed E-state index contributed by atoms with van der Waals surface area (Å²) in [5, 5.41) is 2.82. The normalized spacial score (nSPS) is 22.0. The van der Waals surface area contributed by atoms with E-state index in [2.05, 4.69) is 5.32 Å². The third kappa shape index (κ3) is 3.63. The second-order valence-corrected chi connectivity index (χ2v) is 9.51. The number of primary amides is 1. The van der Waals surface area contributed by atoms with Crippen molar-refractivity contribution in [3.8, 4) is 0 Å². The number of imide groups is 1. The number of fused-ring (bicyclic) bond motifs is 2. The zero-order valence-electron chi connectivity index (χ0n) is 19.1. The molecule has 3 aliphatic rings. The summed E-state index contributed by atoms with van der Waals surface area (Å²) in [6.07, 6.45) is 2.92. The molecule has 8 heteroatoms. The van der Waals surface area contributed by atoms with Gasteiger partial charge in [0.25, 0.3) is 5.91 Å². The number of carbonyl (C=O) groups is 4. The maximum absolute atomic E-state index is 13.6. The molecule has 1 saturated carbocycles. The molecule has 34 heavy (non-hydrogen) atoms. The van der Waals surface area contributed by atoms with E-state index in [0.29, 0.717) is 42.0 Å². The standard InChI is InChI=1S/C26H28N4O4/c1-16(18-10-11-18)29(14-17-6-3-2-4-7-17)22(31)15-30-24(33)26(28-25(30)34)13-12-19-20(23(27)32)8-5-9-21(19)26/h2-9,16,18H,10-15H2,1H3,(H2,27,32)(H,28,34). The molecule has 2 atom stereocenters. The summed E-state index contributed by atoms with van der Waals surface area (Å²) < 4.78 is 0. The Labute approximate surface area is 198 Å². The van der Waals surface area contributed by atoms with Gasteiger partial charge in [0.05, 0.1) is 0 Å². The highest BCUT2D eigenvalue weighted by atomic mass is 16.2. The number of benzene rings is 2. The zero-order valence-corrected chi connectivity index (χ0v) is 19.1. The first-order valence-electron chi connectivity index (χ1n) is 11.7. The van der Waals surface area contributed by atoms with Crippen LogP contribution in [-0.2, 0) is 28.1 Å². The van der Waals surface area contributed by atoms with Gasteiger partial charge < -0.3 is 16.0 Å². The second kappa shape index (κ2) is 8.27. The molecule has 1 saturated heterocycles. The Morgan fingerprint density at radius 3 is 2.56 bits per heavy atom. The van der Waals surface area contributed by atoms with Crippen molar-refractivity contribution in [3.05, 3.63) is 70.8 Å². The first-order chi connectivity index (χ1) is 16.3. The van der Waals surface area contributed by atoms with Crippen LogP contribution in [0.2, 0.25) is 0 Å². The summed E-state index contributed by atoms with van der Waals surface area (Å²) in [6.45, 7) is 2.14. The summed E-state index contributed by atoms with van der Waals surface area (Å²) in [4.78, 5) is 54.6. The predicted octanol–water partition coefficient (Wildman–Crippen LogP) is 2.31. The van der Waals surface area contributed by atoms with Crippen molar-refractivity contribution in [1.82, 2.24) is 15.1 Å². The molecule has 2 fully saturated rings. The molecule has 3 N–H and O–H groups in total. The van der Waals surface area contributed by atoms with Crippen LogP contribution >= 0.6 is 0 Å². The van der Waals surface area contributed by atoms with Gasteiger partial charge in [-0.2, -0.15) is 0 Å². The molecule has 2 aromatic rings. The Kier molecular flexibility index (Phi) is 5.38. The lowest BCUT2D eigenvalue weighted by Gasteiger charge is -2.31. The van der Waals surface area contributed by atoms with Crippen LogP contribution in [0.5, 0.6) is 0 Å². The maximum Gasteiger partial charge on any atom is 0.325 e. The largest absolute Gasteiger partial charge is 0.366 e. The molecule has 5 rings (SSSR count). The molecule has 8 nitrogen and oxygen atoms in total. The summed E-state index contributed by atoms with van der Waals surface area (Å²) >= 11 is 0. The van der Waals surface area contributed by atoms with E-state index in [1.54, 1.807) is 23.1 Å². The van der Waals surface area contributed by atoms with E-state index in [-0.39, 0.29) is 18.5 Å². The van der Waals surface area contributed by atoms with E-state index >= 15 is 0 Å². The van der Waals surface area contributed by atoms with Gasteiger partial charge in [0.2, 0.25) is 11.8 Å². The number of urea groups is 1. The fourth-order valence-corrected chi connectivity index (χ4v) is 5.35. The molecule has 2 unspecified atom stereocenters. The Bertz CT molecular complexity index is 1180. The summed E-state index contributed by atoms with van der Waals surface area (Å²) in [5.41, 5.74) is 6.89. The highest BCUT2D eigenvalue weighted by Gasteiger charge is 2.56. The number of carbonyl (C=O) groups excluding carboxylic acids is 4. The molecule has 1 heterocycles. The van der Waals surface area contributed by atoms with Gasteiger partial charge in [-0.3, -0.25) is 19.3 Å². The van der Waals surface area contributed by atoms with Gasteiger partial charge in [-0.15, -0.1) is 0 Å². The Morgan fingerprint density at radius 1 is 1.15 bits per heavy atom. The number of amides is 5. The van der Waals surface area contributed by atoms with Crippen molar-refractivity contribution in [2.45, 2.75) is 50.7 Å². The minimum absolute atomic E-state index is 0.0211. The third-order valence-corrected chi connectivity index (χ3v) is 7.43. The Morgan fingerprint density at radius 2 is 1.88 bits per heavy atom. The zero-order chi connectivity index (χ0) is 24.0. The lowest BCUT2D eigenvalue weighted by atomic mass is 9.90. The first kappa shape index (κ1) is 22.1. The minimum Gasteiger partial charge on any atom is -0.366 e. The van der Waals surface area contributed by atoms with Gasteiger partial charge in [-0.1, -0.05) is 42.5 Å². The van der Waals surface area contributed by atoms with Crippen LogP contribution in [0.25, 0.3) is 0 Å². The van der Waals surface area contributed by atoms with Gasteiger partial charge in [0, 0.05) is 18.2 Å². The summed E-state index contributed by atoms with van der Waals surface area (Å²) in [5.74, 6) is -0.836. The SMILES string of the molecule is CC(C1CC1)N(Cc1ccccc1)C(=O)CN1C(=O)NC2(CCc3c(C(N)=O)cccc32)C1=O. The van der Waals surface area contributed by atoms with Gasteiger partial charge >= 0.3 is 6.03 Å². The number of nitrogens with zero attached hydrogens (tertiary/aromatic N) is 2. The van der Waals surface area contributed by atoms with E-state index < -0.39 is 23.4 Å². The quantitative estimate of drug-likeness (QED) is 0.618. The topological polar surface area (TPSA) is 113 Å². The van der Waals surface area contributed by atoms with Crippen molar-refractivity contribution in [1.29, 1.82) is 0 Å². The number of hydrogen-bond donors (Lipinski definition) is 2. The third-order valence-electron chi connectivity index (χ3n) is 7.43. The number of nitrogens with one attached hydrogen (secondary N) is 1. The van der Waals surface area contributed by atoms with Crippen LogP contribution in [0.3, 0.4) is 0 Å². The number of rotatable bonds is 7. The van der Waals surface area contributed by atoms with Crippen LogP contribution in [0, 0.1) is 5.92 Å². The predicted molar refractivity (Wildman–Crippen MR) is 124 cm³/mol. The highest BCUT2D eigenvalue weighted by Crippen LogP contribution is 2.42. The highest BCUT2D eigenvalue weighted by molar-refractivity contribution is 6.10. The first-order valence-corrected chi connectivity index (χ1v) is 11.7. The molecular weight excluding hydrogens is 432 g/mol. The lowest BCUT2D eigenvalue weighted by Crippen LogP contribution is -2.47. The van der Waals surface area contributed by atoms with Crippen LogP contribution < -0.4 is 11.1 Å². The average Bonchev–Trinajstić information content (AvgIpc) is 3.58. The van der Waals surface area contributed by atoms with Crippen LogP contribution in [0.1, 0.15) is 53.2 Å². The van der Waals surface area contributed by atoms with E-state index in [0.717, 1.165) is 23.3 Å². The molecular formula is C26H28N4O4. The second-order valence-electron chi connectivity index (χ2n) is 9.51. The van der Waals surface area contributed by atoms with Gasteiger partial charge in [-0.05, 0) is 61.3 Å². The smallest absolute Gasteiger partial charge is 0.325 e. The molecule has 2 aliphatic carbocycles. The Hall–Kier alpha value is -3.68. The molecule has 176 valence electrons. The van der Waals surface area contributed by atoms with Crippen LogP contribution in [-0.4, -0.2) is 46.1 Å². The summed E-state index contributed by atoms with van der Waals surface area (Å²) in [6, 6.07) is 14.2. The molecule has 5 amide bonds. The van der Waals surface area contributed by atoms with Crippen LogP contribution in [0.4, 0.5) is 4.79 Å². The van der Waals surface area contributed by atoms with E-state index in [4.69, 9.17) is 5.73 Å². The monoisotopic (exact) mass is 460 g/mol. The molecule has 0 radical (unpaired) electrons. The molecule has 1 spiro atoms. The molecule has 0 aromatic heterocycles. The van der Waals surface area contributed by atoms with Crippen molar-refractivity contribution in [2.24, 2.45) is 11.7 Å². The summed E-state index contributed by atoms with van der Waals surface area (Å²) in [7, 11) is 0. The van der Waals surface area contributed by atoms with Crippen molar-refractivity contribution in [2.75, 3.05) is 6.54 Å². The molecule has 0 bridgehead atoms. The fourth-order valence-electron chi connectivity index (χ4n) is 5.35. The van der Waals surface area contributed by atoms with Crippen LogP contribution in [0.15, 0.2) is 48.5 Å². The minimum atomic E-state index is -1.26. The van der Waals surface area contributed by atoms with E-state index in [1.807, 2.05) is 37.3 Å². The molecule has 2 aromatic carbocycles. The van der Waals surface area contributed by atoms with E-state index in [1.165, 1.54) is 0 Å². The van der Waals surface area contributed by atoms with Gasteiger partial charge in [0.15, 0.2) is 0 Å². The van der Waals surface area contributed by atoms with E-state index in [9.17, 15) is 19.2 Å². The number of nitrogens with two attached hydrogens (primary N) is 1. The van der Waals surface area contributed by atoms with Crippen molar-refractivity contribution in [3.63, 3.8) is 0 Å². The van der Waals surface area contributed by atoms with Crippen molar-refractivity contribution < 1.29 is 19.2 Å². The van der Waals surface area contributed by atoms with Gasteiger partial charge in [-0.25, -0.2) is 4.79 Å². The number of hydrogen-bond acceptors (Lipinski definition) is 4. The average molecular weight is 461 g/mol. The molecule has 1 aliphatic heterocycles. The fraction of sp³-hybridized carbons (Fsp3) is 0.385. The van der Waals surface area contributed by atoms with Gasteiger partial charge in [0.1, 0.15) is 12.1 Å². The Balaban J connectivity index is 1.39. The maximum atomic E-state index is 13.6. The van der Waals surface area contributed by atoms with Crippen molar-refractivity contribution >= 4 is 23.8 Å².